The Morgan fingerprint density at radius 1 is 1.43 bits per heavy atom. The topological polar surface area (TPSA) is 38.0 Å². The molecule has 0 amide bonds. The van der Waals surface area contributed by atoms with Crippen LogP contribution < -0.4 is 11.1 Å². The standard InChI is InChI=1S/C10H15ClN2S/c11-9-2-1-8(14-9)10(12)7-3-5-13-6-4-7/h1-2,7,10,13H,3-6,12H2. The van der Waals surface area contributed by atoms with Crippen LogP contribution in [0.5, 0.6) is 0 Å². The lowest BCUT2D eigenvalue weighted by molar-refractivity contribution is 0.325. The zero-order valence-electron chi connectivity index (χ0n) is 8.00. The first-order chi connectivity index (χ1) is 6.77. The molecule has 2 rings (SSSR count). The van der Waals surface area contributed by atoms with Gasteiger partial charge in [0.1, 0.15) is 0 Å². The van der Waals surface area contributed by atoms with Gasteiger partial charge in [0.15, 0.2) is 0 Å². The second-order valence-corrected chi connectivity index (χ2v) is 5.50. The van der Waals surface area contributed by atoms with Gasteiger partial charge < -0.3 is 11.1 Å². The molecular weight excluding hydrogens is 216 g/mol. The third-order valence-electron chi connectivity index (χ3n) is 2.81. The SMILES string of the molecule is NC(c1ccc(Cl)s1)C1CCNCC1. The quantitative estimate of drug-likeness (QED) is 0.819. The minimum absolute atomic E-state index is 0.176. The molecule has 1 aliphatic heterocycles. The maximum Gasteiger partial charge on any atom is 0.0931 e. The van der Waals surface area contributed by atoms with Crippen LogP contribution in [-0.4, -0.2) is 13.1 Å². The lowest BCUT2D eigenvalue weighted by Crippen LogP contribution is -2.33. The normalized spacial score (nSPS) is 21.0. The van der Waals surface area contributed by atoms with Gasteiger partial charge in [0, 0.05) is 10.9 Å². The second kappa shape index (κ2) is 4.62. The van der Waals surface area contributed by atoms with Gasteiger partial charge in [-0.25, -0.2) is 0 Å². The fourth-order valence-corrected chi connectivity index (χ4v) is 3.10. The fourth-order valence-electron chi connectivity index (χ4n) is 1.94. The van der Waals surface area contributed by atoms with Gasteiger partial charge in [0.05, 0.1) is 4.34 Å². The van der Waals surface area contributed by atoms with E-state index in [1.54, 1.807) is 11.3 Å². The van der Waals surface area contributed by atoms with Crippen molar-refractivity contribution in [2.75, 3.05) is 13.1 Å². The highest BCUT2D eigenvalue weighted by Gasteiger charge is 2.22. The average Bonchev–Trinajstić information content (AvgIpc) is 2.65. The van der Waals surface area contributed by atoms with Crippen molar-refractivity contribution in [1.29, 1.82) is 0 Å². The molecule has 0 radical (unpaired) electrons. The minimum atomic E-state index is 0.176. The van der Waals surface area contributed by atoms with E-state index >= 15 is 0 Å². The molecule has 4 heteroatoms. The summed E-state index contributed by atoms with van der Waals surface area (Å²) in [6, 6.07) is 4.16. The number of nitrogens with one attached hydrogen (secondary N) is 1. The number of piperidine rings is 1. The first-order valence-corrected chi connectivity index (χ1v) is 6.18. The zero-order chi connectivity index (χ0) is 9.97. The number of thiophene rings is 1. The van der Waals surface area contributed by atoms with Crippen molar-refractivity contribution in [3.8, 4) is 0 Å². The summed E-state index contributed by atoms with van der Waals surface area (Å²) in [5, 5.41) is 3.35. The number of rotatable bonds is 2. The summed E-state index contributed by atoms with van der Waals surface area (Å²) >= 11 is 7.50. The van der Waals surface area contributed by atoms with Crippen LogP contribution in [0.4, 0.5) is 0 Å². The van der Waals surface area contributed by atoms with Crippen LogP contribution in [0, 0.1) is 5.92 Å². The molecule has 1 saturated heterocycles. The highest BCUT2D eigenvalue weighted by Crippen LogP contribution is 2.32. The summed E-state index contributed by atoms with van der Waals surface area (Å²) < 4.78 is 0.837. The Morgan fingerprint density at radius 2 is 2.14 bits per heavy atom. The maximum absolute atomic E-state index is 6.21. The molecule has 14 heavy (non-hydrogen) atoms. The van der Waals surface area contributed by atoms with Gasteiger partial charge in [-0.15, -0.1) is 11.3 Å². The van der Waals surface area contributed by atoms with Crippen LogP contribution in [-0.2, 0) is 0 Å². The first-order valence-electron chi connectivity index (χ1n) is 4.99. The van der Waals surface area contributed by atoms with Crippen molar-refractivity contribution in [2.24, 2.45) is 11.7 Å². The van der Waals surface area contributed by atoms with E-state index in [-0.39, 0.29) is 6.04 Å². The second-order valence-electron chi connectivity index (χ2n) is 3.76. The summed E-state index contributed by atoms with van der Waals surface area (Å²) in [5.74, 6) is 0.617. The molecule has 1 atom stereocenters. The largest absolute Gasteiger partial charge is 0.323 e. The third-order valence-corrected chi connectivity index (χ3v) is 4.15. The summed E-state index contributed by atoms with van der Waals surface area (Å²) in [5.41, 5.74) is 6.21. The zero-order valence-corrected chi connectivity index (χ0v) is 9.57. The molecular formula is C10H15ClN2S. The van der Waals surface area contributed by atoms with Crippen LogP contribution in [0.2, 0.25) is 4.34 Å². The van der Waals surface area contributed by atoms with Gasteiger partial charge in [-0.1, -0.05) is 11.6 Å². The highest BCUT2D eigenvalue weighted by molar-refractivity contribution is 7.16. The van der Waals surface area contributed by atoms with Crippen molar-refractivity contribution < 1.29 is 0 Å². The molecule has 0 bridgehead atoms. The van der Waals surface area contributed by atoms with Crippen LogP contribution in [0.15, 0.2) is 12.1 Å². The van der Waals surface area contributed by atoms with Gasteiger partial charge in [-0.2, -0.15) is 0 Å². The molecule has 2 heterocycles. The molecule has 0 aliphatic carbocycles. The molecule has 1 unspecified atom stereocenters. The van der Waals surface area contributed by atoms with E-state index < -0.39 is 0 Å². The molecule has 1 aromatic rings. The molecule has 1 aromatic heterocycles. The van der Waals surface area contributed by atoms with Gasteiger partial charge in [0.25, 0.3) is 0 Å². The maximum atomic E-state index is 6.21. The smallest absolute Gasteiger partial charge is 0.0931 e. The summed E-state index contributed by atoms with van der Waals surface area (Å²) in [4.78, 5) is 1.22. The van der Waals surface area contributed by atoms with Crippen molar-refractivity contribution in [2.45, 2.75) is 18.9 Å². The van der Waals surface area contributed by atoms with Crippen LogP contribution in [0.25, 0.3) is 0 Å². The van der Waals surface area contributed by atoms with E-state index in [1.165, 1.54) is 17.7 Å². The molecule has 1 aliphatic rings. The van der Waals surface area contributed by atoms with E-state index in [9.17, 15) is 0 Å². The van der Waals surface area contributed by atoms with E-state index in [0.29, 0.717) is 5.92 Å². The highest BCUT2D eigenvalue weighted by atomic mass is 35.5. The Kier molecular flexibility index (Phi) is 3.44. The third kappa shape index (κ3) is 2.28. The number of halogens is 1. The van der Waals surface area contributed by atoms with Gasteiger partial charge in [-0.05, 0) is 44.0 Å². The lowest BCUT2D eigenvalue weighted by Gasteiger charge is -2.27. The molecule has 2 nitrogen and oxygen atoms in total. The van der Waals surface area contributed by atoms with Crippen molar-refractivity contribution in [1.82, 2.24) is 5.32 Å². The molecule has 0 aromatic carbocycles. The molecule has 1 fully saturated rings. The Balaban J connectivity index is 2.03. The van der Waals surface area contributed by atoms with Crippen molar-refractivity contribution in [3.05, 3.63) is 21.3 Å². The summed E-state index contributed by atoms with van der Waals surface area (Å²) in [6.45, 7) is 2.19. The van der Waals surface area contributed by atoms with Gasteiger partial charge in [-0.3, -0.25) is 0 Å². The Morgan fingerprint density at radius 3 is 2.71 bits per heavy atom. The number of hydrogen-bond acceptors (Lipinski definition) is 3. The minimum Gasteiger partial charge on any atom is -0.323 e. The van der Waals surface area contributed by atoms with Gasteiger partial charge in [0.2, 0.25) is 0 Å². The van der Waals surface area contributed by atoms with E-state index in [0.717, 1.165) is 17.4 Å². The lowest BCUT2D eigenvalue weighted by atomic mass is 9.90. The van der Waals surface area contributed by atoms with E-state index in [4.69, 9.17) is 17.3 Å². The van der Waals surface area contributed by atoms with E-state index in [1.807, 2.05) is 6.07 Å². The number of hydrogen-bond donors (Lipinski definition) is 2. The Hall–Kier alpha value is -0.0900. The van der Waals surface area contributed by atoms with Crippen LogP contribution >= 0.6 is 22.9 Å². The molecule has 0 saturated carbocycles. The Labute approximate surface area is 93.4 Å². The molecule has 3 N–H and O–H groups in total. The fraction of sp³-hybridized carbons (Fsp3) is 0.600. The summed E-state index contributed by atoms with van der Waals surface area (Å²) in [6.07, 6.45) is 2.35. The van der Waals surface area contributed by atoms with Crippen LogP contribution in [0.1, 0.15) is 23.8 Å². The average molecular weight is 231 g/mol. The van der Waals surface area contributed by atoms with Gasteiger partial charge >= 0.3 is 0 Å². The Bertz CT molecular complexity index is 294. The van der Waals surface area contributed by atoms with Crippen LogP contribution in [0.3, 0.4) is 0 Å². The first kappa shape index (κ1) is 10.4. The summed E-state index contributed by atoms with van der Waals surface area (Å²) in [7, 11) is 0. The molecule has 0 spiro atoms. The number of nitrogens with two attached hydrogens (primary N) is 1. The van der Waals surface area contributed by atoms with E-state index in [2.05, 4.69) is 11.4 Å². The molecule has 78 valence electrons. The predicted molar refractivity (Wildman–Crippen MR) is 61.9 cm³/mol. The monoisotopic (exact) mass is 230 g/mol. The van der Waals surface area contributed by atoms with Crippen molar-refractivity contribution in [3.63, 3.8) is 0 Å². The van der Waals surface area contributed by atoms with Crippen molar-refractivity contribution >= 4 is 22.9 Å². The predicted octanol–water partition coefficient (Wildman–Crippen LogP) is 2.40.